The van der Waals surface area contributed by atoms with Crippen molar-refractivity contribution in [1.82, 2.24) is 0 Å². The Bertz CT molecular complexity index is 508. The van der Waals surface area contributed by atoms with Gasteiger partial charge >= 0.3 is 5.97 Å². The Labute approximate surface area is 105 Å². The smallest absolute Gasteiger partial charge is 0.338 e. The molecule has 17 heavy (non-hydrogen) atoms. The van der Waals surface area contributed by atoms with Crippen LogP contribution in [0.15, 0.2) is 29.2 Å². The van der Waals surface area contributed by atoms with E-state index >= 15 is 0 Å². The Kier molecular flexibility index (Phi) is 4.54. The maximum atomic E-state index is 11.6. The number of halogens is 1. The molecule has 0 spiro atoms. The molecule has 0 N–H and O–H groups in total. The van der Waals surface area contributed by atoms with E-state index in [0.717, 1.165) is 0 Å². The molecule has 0 unspecified atom stereocenters. The van der Waals surface area contributed by atoms with Gasteiger partial charge in [0.2, 0.25) is 0 Å². The Hall–Kier alpha value is -1.07. The number of ether oxygens (including phenoxy) is 1. The summed E-state index contributed by atoms with van der Waals surface area (Å²) in [5.41, 5.74) is 0.173. The Balaban J connectivity index is 2.89. The molecule has 6 heteroatoms. The molecule has 1 aromatic carbocycles. The molecule has 0 aliphatic heterocycles. The predicted octanol–water partition coefficient (Wildman–Crippen LogP) is 2.43. The average Bonchev–Trinajstić information content (AvgIpc) is 2.25. The molecule has 94 valence electrons. The lowest BCUT2D eigenvalue weighted by molar-refractivity contribution is 0.0458. The molecule has 1 rings (SSSR count). The first-order valence-corrected chi connectivity index (χ1v) is 7.33. The van der Waals surface area contributed by atoms with Gasteiger partial charge in [-0.05, 0) is 24.1 Å². The van der Waals surface area contributed by atoms with Gasteiger partial charge in [-0.3, -0.25) is 0 Å². The van der Waals surface area contributed by atoms with E-state index in [0.29, 0.717) is 0 Å². The van der Waals surface area contributed by atoms with E-state index in [9.17, 15) is 13.2 Å². The van der Waals surface area contributed by atoms with Crippen LogP contribution in [0.4, 0.5) is 0 Å². The third-order valence-corrected chi connectivity index (χ3v) is 3.25. The topological polar surface area (TPSA) is 60.4 Å². The number of carbonyl (C=O) groups excluding carboxylic acids is 1. The van der Waals surface area contributed by atoms with E-state index in [1.807, 2.05) is 13.8 Å². The average molecular weight is 277 g/mol. The van der Waals surface area contributed by atoms with Crippen LogP contribution in [-0.4, -0.2) is 21.0 Å². The zero-order chi connectivity index (χ0) is 13.1. The summed E-state index contributed by atoms with van der Waals surface area (Å²) in [5.74, 6) is -0.334. The number of hydrogen-bond donors (Lipinski definition) is 0. The highest BCUT2D eigenvalue weighted by Gasteiger charge is 2.14. The van der Waals surface area contributed by atoms with E-state index in [2.05, 4.69) is 0 Å². The lowest BCUT2D eigenvalue weighted by Crippen LogP contribution is -2.10. The van der Waals surface area contributed by atoms with E-state index < -0.39 is 15.0 Å². The first-order chi connectivity index (χ1) is 7.80. The minimum absolute atomic E-state index is 0.113. The van der Waals surface area contributed by atoms with Crippen molar-refractivity contribution >= 4 is 25.7 Å². The monoisotopic (exact) mass is 276 g/mol. The Morgan fingerprint density at radius 2 is 2.06 bits per heavy atom. The number of benzene rings is 1. The largest absolute Gasteiger partial charge is 0.462 e. The highest BCUT2D eigenvalue weighted by Crippen LogP contribution is 2.16. The predicted molar refractivity (Wildman–Crippen MR) is 64.6 cm³/mol. The molecular weight excluding hydrogens is 264 g/mol. The van der Waals surface area contributed by atoms with Crippen LogP contribution in [0.3, 0.4) is 0 Å². The third-order valence-electron chi connectivity index (χ3n) is 1.90. The number of carbonyl (C=O) groups is 1. The molecule has 1 aromatic rings. The van der Waals surface area contributed by atoms with E-state index in [4.69, 9.17) is 15.4 Å². The first kappa shape index (κ1) is 14.0. The molecular formula is C11H13ClO4S. The second-order valence-electron chi connectivity index (χ2n) is 3.96. The molecule has 0 aliphatic carbocycles. The van der Waals surface area contributed by atoms with Gasteiger partial charge < -0.3 is 4.74 Å². The lowest BCUT2D eigenvalue weighted by atomic mass is 10.2. The first-order valence-electron chi connectivity index (χ1n) is 5.02. The van der Waals surface area contributed by atoms with Crippen LogP contribution in [0.2, 0.25) is 0 Å². The second kappa shape index (κ2) is 5.51. The van der Waals surface area contributed by atoms with Gasteiger partial charge in [-0.1, -0.05) is 19.9 Å². The molecule has 0 fully saturated rings. The van der Waals surface area contributed by atoms with Crippen LogP contribution in [0.1, 0.15) is 24.2 Å². The van der Waals surface area contributed by atoms with Crippen LogP contribution in [0.25, 0.3) is 0 Å². The summed E-state index contributed by atoms with van der Waals surface area (Å²) in [7, 11) is 1.36. The SMILES string of the molecule is CC(C)COC(=O)c1cccc(S(=O)(=O)Cl)c1. The van der Waals surface area contributed by atoms with Gasteiger partial charge in [-0.25, -0.2) is 13.2 Å². The molecule has 0 saturated heterocycles. The van der Waals surface area contributed by atoms with Gasteiger partial charge in [0.25, 0.3) is 9.05 Å². The van der Waals surface area contributed by atoms with Crippen molar-refractivity contribution in [3.05, 3.63) is 29.8 Å². The molecule has 0 heterocycles. The standard InChI is InChI=1S/C11H13ClO4S/c1-8(2)7-16-11(13)9-4-3-5-10(6-9)17(12,14)15/h3-6,8H,7H2,1-2H3. The van der Waals surface area contributed by atoms with Crippen molar-refractivity contribution < 1.29 is 17.9 Å². The van der Waals surface area contributed by atoms with E-state index in [1.165, 1.54) is 24.3 Å². The maximum Gasteiger partial charge on any atom is 0.338 e. The Morgan fingerprint density at radius 1 is 1.41 bits per heavy atom. The van der Waals surface area contributed by atoms with Crippen molar-refractivity contribution in [3.63, 3.8) is 0 Å². The van der Waals surface area contributed by atoms with Gasteiger partial charge in [0.05, 0.1) is 17.1 Å². The zero-order valence-electron chi connectivity index (χ0n) is 9.51. The highest BCUT2D eigenvalue weighted by atomic mass is 35.7. The molecule has 0 bridgehead atoms. The van der Waals surface area contributed by atoms with Crippen LogP contribution < -0.4 is 0 Å². The van der Waals surface area contributed by atoms with Gasteiger partial charge in [0.15, 0.2) is 0 Å². The molecule has 0 saturated carbocycles. The van der Waals surface area contributed by atoms with Crippen LogP contribution in [0.5, 0.6) is 0 Å². The minimum atomic E-state index is -3.83. The summed E-state index contributed by atoms with van der Waals surface area (Å²) in [6, 6.07) is 5.45. The number of esters is 1. The molecule has 0 atom stereocenters. The van der Waals surface area contributed by atoms with Gasteiger partial charge in [-0.15, -0.1) is 0 Å². The quantitative estimate of drug-likeness (QED) is 0.626. The molecule has 0 amide bonds. The van der Waals surface area contributed by atoms with Crippen molar-refractivity contribution in [1.29, 1.82) is 0 Å². The Morgan fingerprint density at radius 3 is 2.59 bits per heavy atom. The van der Waals surface area contributed by atoms with Gasteiger partial charge in [0, 0.05) is 10.7 Å². The molecule has 0 aliphatic rings. The van der Waals surface area contributed by atoms with E-state index in [-0.39, 0.29) is 23.0 Å². The van der Waals surface area contributed by atoms with Gasteiger partial charge in [0.1, 0.15) is 0 Å². The summed E-state index contributed by atoms with van der Waals surface area (Å²) in [6.45, 7) is 4.11. The fraction of sp³-hybridized carbons (Fsp3) is 0.364. The summed E-state index contributed by atoms with van der Waals surface area (Å²) >= 11 is 0. The summed E-state index contributed by atoms with van der Waals surface area (Å²) in [4.78, 5) is 11.5. The maximum absolute atomic E-state index is 11.6. The van der Waals surface area contributed by atoms with Crippen LogP contribution in [-0.2, 0) is 13.8 Å². The minimum Gasteiger partial charge on any atom is -0.462 e. The summed E-state index contributed by atoms with van der Waals surface area (Å²) in [6.07, 6.45) is 0. The van der Waals surface area contributed by atoms with Crippen molar-refractivity contribution in [2.24, 2.45) is 5.92 Å². The van der Waals surface area contributed by atoms with E-state index in [1.54, 1.807) is 0 Å². The van der Waals surface area contributed by atoms with Crippen LogP contribution >= 0.6 is 10.7 Å². The number of rotatable bonds is 4. The van der Waals surface area contributed by atoms with Crippen molar-refractivity contribution in [2.45, 2.75) is 18.7 Å². The lowest BCUT2D eigenvalue weighted by Gasteiger charge is -2.07. The highest BCUT2D eigenvalue weighted by molar-refractivity contribution is 8.13. The van der Waals surface area contributed by atoms with Crippen molar-refractivity contribution in [3.8, 4) is 0 Å². The van der Waals surface area contributed by atoms with Gasteiger partial charge in [-0.2, -0.15) is 0 Å². The number of hydrogen-bond acceptors (Lipinski definition) is 4. The molecule has 4 nitrogen and oxygen atoms in total. The fourth-order valence-corrected chi connectivity index (χ4v) is 1.90. The normalized spacial score (nSPS) is 11.5. The summed E-state index contributed by atoms with van der Waals surface area (Å²) < 4.78 is 27.2. The van der Waals surface area contributed by atoms with Crippen molar-refractivity contribution in [2.75, 3.05) is 6.61 Å². The zero-order valence-corrected chi connectivity index (χ0v) is 11.1. The fourth-order valence-electron chi connectivity index (χ4n) is 1.10. The molecule has 0 aromatic heterocycles. The molecule has 0 radical (unpaired) electrons. The summed E-state index contributed by atoms with van der Waals surface area (Å²) in [5, 5.41) is 0. The third kappa shape index (κ3) is 4.36. The second-order valence-corrected chi connectivity index (χ2v) is 6.52. The van der Waals surface area contributed by atoms with Crippen LogP contribution in [0, 0.1) is 5.92 Å².